The van der Waals surface area contributed by atoms with E-state index >= 15 is 0 Å². The highest BCUT2D eigenvalue weighted by atomic mass is 16.7. The van der Waals surface area contributed by atoms with Gasteiger partial charge in [-0.15, -0.1) is 0 Å². The number of nitrogens with one attached hydrogen (secondary N) is 2. The Morgan fingerprint density at radius 3 is 1.92 bits per heavy atom. The fourth-order valence-electron chi connectivity index (χ4n) is 4.44. The van der Waals surface area contributed by atoms with Crippen LogP contribution in [-0.2, 0) is 23.7 Å². The van der Waals surface area contributed by atoms with Crippen molar-refractivity contribution in [1.82, 2.24) is 10.6 Å². The monoisotopic (exact) mass is 542 g/mol. The van der Waals surface area contributed by atoms with Gasteiger partial charge in [0, 0.05) is 25.2 Å². The van der Waals surface area contributed by atoms with Crippen molar-refractivity contribution >= 4 is 17.6 Å². The van der Waals surface area contributed by atoms with Crippen LogP contribution >= 0.6 is 0 Å². The number of carbonyl (C=O) groups excluding carboxylic acids is 3. The minimum Gasteiger partial charge on any atom is -0.394 e. The number of hydrogen-bond donors (Lipinski definition) is 7. The van der Waals surface area contributed by atoms with E-state index in [1.54, 1.807) is 0 Å². The van der Waals surface area contributed by atoms with Gasteiger partial charge in [0.25, 0.3) is 5.91 Å². The fraction of sp³-hybridized carbons (Fsp3) is 0.625. The molecule has 3 rings (SSSR count). The number of hydrogen-bond acceptors (Lipinski definition) is 12. The first-order valence-corrected chi connectivity index (χ1v) is 12.0. The van der Waals surface area contributed by atoms with Crippen LogP contribution in [0.1, 0.15) is 34.6 Å². The van der Waals surface area contributed by atoms with Gasteiger partial charge < -0.3 is 55.1 Å². The number of methoxy groups -OCH3 is 1. The highest BCUT2D eigenvalue weighted by Gasteiger charge is 2.51. The minimum atomic E-state index is -1.71. The van der Waals surface area contributed by atoms with E-state index < -0.39 is 86.3 Å². The third-order valence-corrected chi connectivity index (χ3v) is 6.48. The minimum absolute atomic E-state index is 0.138. The number of amides is 2. The maximum atomic E-state index is 12.8. The molecule has 212 valence electrons. The Labute approximate surface area is 218 Å². The van der Waals surface area contributed by atoms with E-state index in [1.807, 2.05) is 0 Å². The lowest BCUT2D eigenvalue weighted by molar-refractivity contribution is -0.336. The molecule has 1 aromatic carbocycles. The Kier molecular flexibility index (Phi) is 10.3. The van der Waals surface area contributed by atoms with Crippen LogP contribution in [0.15, 0.2) is 24.3 Å². The molecule has 1 aromatic rings. The van der Waals surface area contributed by atoms with E-state index in [0.717, 1.165) is 0 Å². The predicted molar refractivity (Wildman–Crippen MR) is 127 cm³/mol. The number of ketones is 1. The van der Waals surface area contributed by atoms with E-state index in [4.69, 9.17) is 18.9 Å². The smallest absolute Gasteiger partial charge is 0.251 e. The van der Waals surface area contributed by atoms with Crippen LogP contribution in [0.4, 0.5) is 0 Å². The lowest BCUT2D eigenvalue weighted by Crippen LogP contribution is -2.69. The first-order chi connectivity index (χ1) is 18.0. The number of Topliss-reactive ketones (excluding diaryl/α,β-unsaturated/α-hetero) is 1. The van der Waals surface area contributed by atoms with Crippen LogP contribution in [0.25, 0.3) is 0 Å². The molecular weight excluding hydrogens is 508 g/mol. The van der Waals surface area contributed by atoms with Crippen LogP contribution in [0.5, 0.6) is 0 Å². The van der Waals surface area contributed by atoms with Gasteiger partial charge in [-0.3, -0.25) is 14.4 Å². The van der Waals surface area contributed by atoms with Crippen molar-refractivity contribution in [1.29, 1.82) is 0 Å². The molecule has 14 nitrogen and oxygen atoms in total. The number of carbonyl (C=O) groups is 3. The summed E-state index contributed by atoms with van der Waals surface area (Å²) in [4.78, 5) is 36.0. The van der Waals surface area contributed by atoms with E-state index in [1.165, 1.54) is 45.2 Å². The number of benzene rings is 1. The molecule has 10 atom stereocenters. The second-order valence-electron chi connectivity index (χ2n) is 9.12. The predicted octanol–water partition coefficient (Wildman–Crippen LogP) is -2.96. The summed E-state index contributed by atoms with van der Waals surface area (Å²) in [5.74, 6) is -1.38. The zero-order valence-corrected chi connectivity index (χ0v) is 21.1. The first kappa shape index (κ1) is 30.0. The average molecular weight is 543 g/mol. The third-order valence-electron chi connectivity index (χ3n) is 6.48. The van der Waals surface area contributed by atoms with Gasteiger partial charge in [0.2, 0.25) is 5.91 Å². The van der Waals surface area contributed by atoms with Crippen molar-refractivity contribution in [2.24, 2.45) is 0 Å². The van der Waals surface area contributed by atoms with Crippen LogP contribution in [0.3, 0.4) is 0 Å². The van der Waals surface area contributed by atoms with E-state index in [0.29, 0.717) is 5.56 Å². The summed E-state index contributed by atoms with van der Waals surface area (Å²) in [5, 5.41) is 57.1. The molecule has 0 aromatic heterocycles. The number of aliphatic hydroxyl groups excluding tert-OH is 5. The molecule has 2 heterocycles. The standard InChI is InChI=1S/C24H34N2O12/c1-10(29)12-4-6-13(7-5-12)22(34)26-16-18(31)14(8-27)36-24(20(16)33)38-21-15(9-28)37-23(35-3)17(19(21)32)25-11(2)30/h4-7,14-21,23-24,27-28,31-33H,8-9H2,1-3H3,(H,25,30)(H,26,34)/t14?,15?,16?,17-,18-,19?,20-,21+,23+,24-/m0/s1. The molecule has 0 radical (unpaired) electrons. The summed E-state index contributed by atoms with van der Waals surface area (Å²) in [7, 11) is 1.28. The van der Waals surface area contributed by atoms with Crippen molar-refractivity contribution in [2.45, 2.75) is 75.1 Å². The van der Waals surface area contributed by atoms with E-state index in [-0.39, 0.29) is 11.3 Å². The summed E-state index contributed by atoms with van der Waals surface area (Å²) in [6, 6.07) is 3.20. The van der Waals surface area contributed by atoms with Crippen molar-refractivity contribution in [3.63, 3.8) is 0 Å². The largest absolute Gasteiger partial charge is 0.394 e. The summed E-state index contributed by atoms with van der Waals surface area (Å²) in [5.41, 5.74) is 0.528. The van der Waals surface area contributed by atoms with E-state index in [2.05, 4.69) is 10.6 Å². The number of rotatable bonds is 9. The molecule has 0 aliphatic carbocycles. The second kappa shape index (κ2) is 13.0. The molecule has 2 aliphatic heterocycles. The first-order valence-electron chi connectivity index (χ1n) is 12.0. The van der Waals surface area contributed by atoms with Crippen molar-refractivity contribution in [3.05, 3.63) is 35.4 Å². The normalized spacial score (nSPS) is 35.4. The van der Waals surface area contributed by atoms with Crippen molar-refractivity contribution in [2.75, 3.05) is 20.3 Å². The lowest BCUT2D eigenvalue weighted by Gasteiger charge is -2.47. The summed E-state index contributed by atoms with van der Waals surface area (Å²) < 4.78 is 22.1. The topological polar surface area (TPSA) is 213 Å². The van der Waals surface area contributed by atoms with Crippen LogP contribution in [0.2, 0.25) is 0 Å². The Morgan fingerprint density at radius 1 is 0.816 bits per heavy atom. The molecule has 2 saturated heterocycles. The van der Waals surface area contributed by atoms with Gasteiger partial charge in [-0.25, -0.2) is 0 Å². The Bertz CT molecular complexity index is 976. The Balaban J connectivity index is 1.80. The van der Waals surface area contributed by atoms with Gasteiger partial charge >= 0.3 is 0 Å². The Hall–Kier alpha value is -2.53. The molecule has 7 N–H and O–H groups in total. The van der Waals surface area contributed by atoms with Crippen molar-refractivity contribution in [3.8, 4) is 0 Å². The maximum absolute atomic E-state index is 12.8. The fourth-order valence-corrected chi connectivity index (χ4v) is 4.44. The van der Waals surface area contributed by atoms with E-state index in [9.17, 15) is 39.9 Å². The molecule has 4 unspecified atom stereocenters. The molecule has 0 bridgehead atoms. The van der Waals surface area contributed by atoms with Crippen molar-refractivity contribution < 1.29 is 58.9 Å². The molecule has 2 aliphatic rings. The molecule has 0 spiro atoms. The van der Waals surface area contributed by atoms with Gasteiger partial charge in [0.05, 0.1) is 19.3 Å². The highest BCUT2D eigenvalue weighted by molar-refractivity contribution is 5.97. The number of aliphatic hydroxyl groups is 5. The summed E-state index contributed by atoms with van der Waals surface area (Å²) >= 11 is 0. The Morgan fingerprint density at radius 2 is 1.39 bits per heavy atom. The molecule has 2 fully saturated rings. The van der Waals surface area contributed by atoms with Crippen LogP contribution in [0, 0.1) is 0 Å². The average Bonchev–Trinajstić information content (AvgIpc) is 2.89. The maximum Gasteiger partial charge on any atom is 0.251 e. The quantitative estimate of drug-likeness (QED) is 0.156. The van der Waals surface area contributed by atoms with Crippen LogP contribution < -0.4 is 10.6 Å². The van der Waals surface area contributed by atoms with Gasteiger partial charge in [-0.1, -0.05) is 12.1 Å². The third kappa shape index (κ3) is 6.54. The van der Waals surface area contributed by atoms with Gasteiger partial charge in [0.15, 0.2) is 18.4 Å². The molecule has 0 saturated carbocycles. The second-order valence-corrected chi connectivity index (χ2v) is 9.12. The lowest BCUT2D eigenvalue weighted by atomic mass is 9.94. The van der Waals surface area contributed by atoms with Gasteiger partial charge in [-0.05, 0) is 19.1 Å². The van der Waals surface area contributed by atoms with Gasteiger partial charge in [-0.2, -0.15) is 0 Å². The molecule has 14 heteroatoms. The van der Waals surface area contributed by atoms with Gasteiger partial charge in [0.1, 0.15) is 42.7 Å². The summed E-state index contributed by atoms with van der Waals surface area (Å²) in [6.07, 6.45) is -11.4. The molecule has 38 heavy (non-hydrogen) atoms. The zero-order valence-electron chi connectivity index (χ0n) is 21.1. The zero-order chi connectivity index (χ0) is 28.1. The SMILES string of the molecule is CO[C@@H]1OC(CO)[C@@H](O[C@@H]2OC(CO)[C@H](O)C(NC(=O)c3ccc(C(C)=O)cc3)[C@@H]2O)C(O)[C@@H]1NC(C)=O. The number of ether oxygens (including phenoxy) is 4. The van der Waals surface area contributed by atoms with Crippen LogP contribution in [-0.4, -0.2) is 125 Å². The summed E-state index contributed by atoms with van der Waals surface area (Å²) in [6.45, 7) is 1.25. The molecule has 2 amide bonds. The molecular formula is C24H34N2O12. The highest BCUT2D eigenvalue weighted by Crippen LogP contribution is 2.29.